The number of rotatable bonds is 3. The summed E-state index contributed by atoms with van der Waals surface area (Å²) in [6.07, 6.45) is 1.50. The van der Waals surface area contributed by atoms with E-state index in [1.54, 1.807) is 7.05 Å². The molecule has 2 rings (SSSR count). The smallest absolute Gasteiger partial charge is 0.255 e. The van der Waals surface area contributed by atoms with Crippen LogP contribution < -0.4 is 5.32 Å². The molecule has 1 amide bonds. The number of nitrogens with zero attached hydrogens (tertiary/aromatic N) is 3. The monoisotopic (exact) mass is 250 g/mol. The molecule has 1 aromatic heterocycles. The Bertz CT molecular complexity index is 582. The molecular formula is C11H11FN4O2. The van der Waals surface area contributed by atoms with Gasteiger partial charge in [-0.3, -0.25) is 9.48 Å². The first-order valence-electron chi connectivity index (χ1n) is 5.17. The minimum absolute atomic E-state index is 0.107. The van der Waals surface area contributed by atoms with Crippen LogP contribution in [0.15, 0.2) is 24.5 Å². The summed E-state index contributed by atoms with van der Waals surface area (Å²) in [5.41, 5.74) is -0.120. The fourth-order valence-electron chi connectivity index (χ4n) is 1.41. The van der Waals surface area contributed by atoms with Gasteiger partial charge in [-0.2, -0.15) is 5.10 Å². The van der Waals surface area contributed by atoms with Crippen molar-refractivity contribution in [1.29, 1.82) is 0 Å². The number of halogens is 1. The van der Waals surface area contributed by atoms with Crippen LogP contribution >= 0.6 is 0 Å². The Morgan fingerprint density at radius 1 is 1.56 bits per heavy atom. The molecule has 1 heterocycles. The van der Waals surface area contributed by atoms with Gasteiger partial charge < -0.3 is 10.4 Å². The molecule has 0 atom stereocenters. The maximum Gasteiger partial charge on any atom is 0.255 e. The second-order valence-electron chi connectivity index (χ2n) is 3.68. The summed E-state index contributed by atoms with van der Waals surface area (Å²) in [7, 11) is 1.71. The maximum absolute atomic E-state index is 13.0. The van der Waals surface area contributed by atoms with Crippen molar-refractivity contribution in [1.82, 2.24) is 20.1 Å². The predicted molar refractivity (Wildman–Crippen MR) is 60.2 cm³/mol. The van der Waals surface area contributed by atoms with Gasteiger partial charge in [-0.05, 0) is 18.2 Å². The summed E-state index contributed by atoms with van der Waals surface area (Å²) < 4.78 is 14.5. The number of phenolic OH excluding ortho intramolecular Hbond substituents is 1. The Balaban J connectivity index is 2.05. The molecule has 7 heteroatoms. The van der Waals surface area contributed by atoms with Gasteiger partial charge >= 0.3 is 0 Å². The second-order valence-corrected chi connectivity index (χ2v) is 3.68. The molecule has 0 saturated heterocycles. The highest BCUT2D eigenvalue weighted by molar-refractivity contribution is 5.96. The molecular weight excluding hydrogens is 239 g/mol. The molecule has 0 aliphatic carbocycles. The quantitative estimate of drug-likeness (QED) is 0.835. The van der Waals surface area contributed by atoms with Gasteiger partial charge in [0.25, 0.3) is 5.91 Å². The average Bonchev–Trinajstić information content (AvgIpc) is 2.75. The van der Waals surface area contributed by atoms with Crippen molar-refractivity contribution in [2.24, 2.45) is 7.05 Å². The number of amides is 1. The predicted octanol–water partition coefficient (Wildman–Crippen LogP) is 0.590. The largest absolute Gasteiger partial charge is 0.507 e. The molecule has 2 aromatic rings. The van der Waals surface area contributed by atoms with Crippen LogP contribution in [0.4, 0.5) is 4.39 Å². The van der Waals surface area contributed by atoms with Crippen molar-refractivity contribution < 1.29 is 14.3 Å². The standard InChI is InChI=1S/C11H11FN4O2/c1-16-6-14-10(15-16)5-13-11(18)8-4-7(12)2-3-9(8)17/h2-4,6,17H,5H2,1H3,(H,13,18). The van der Waals surface area contributed by atoms with E-state index in [-0.39, 0.29) is 17.9 Å². The molecule has 18 heavy (non-hydrogen) atoms. The number of aromatic hydroxyl groups is 1. The molecule has 94 valence electrons. The molecule has 0 bridgehead atoms. The lowest BCUT2D eigenvalue weighted by Gasteiger charge is -2.05. The van der Waals surface area contributed by atoms with E-state index in [0.717, 1.165) is 18.2 Å². The Labute approximate surface area is 102 Å². The SMILES string of the molecule is Cn1cnc(CNC(=O)c2cc(F)ccc2O)n1. The van der Waals surface area contributed by atoms with Crippen LogP contribution in [0.1, 0.15) is 16.2 Å². The number of nitrogens with one attached hydrogen (secondary N) is 1. The van der Waals surface area contributed by atoms with Crippen molar-refractivity contribution in [3.8, 4) is 5.75 Å². The fraction of sp³-hybridized carbons (Fsp3) is 0.182. The zero-order chi connectivity index (χ0) is 13.1. The highest BCUT2D eigenvalue weighted by Crippen LogP contribution is 2.17. The van der Waals surface area contributed by atoms with Gasteiger partial charge in [-0.1, -0.05) is 0 Å². The summed E-state index contributed by atoms with van der Waals surface area (Å²) in [4.78, 5) is 15.6. The van der Waals surface area contributed by atoms with E-state index in [9.17, 15) is 14.3 Å². The Morgan fingerprint density at radius 3 is 3.00 bits per heavy atom. The number of aryl methyl sites for hydroxylation is 1. The number of hydrogen-bond donors (Lipinski definition) is 2. The van der Waals surface area contributed by atoms with Gasteiger partial charge in [0.05, 0.1) is 12.1 Å². The fourth-order valence-corrected chi connectivity index (χ4v) is 1.41. The molecule has 0 fully saturated rings. The van der Waals surface area contributed by atoms with Gasteiger partial charge in [0.1, 0.15) is 17.9 Å². The van der Waals surface area contributed by atoms with Crippen LogP contribution in [-0.4, -0.2) is 25.8 Å². The van der Waals surface area contributed by atoms with Crippen LogP contribution in [0, 0.1) is 5.82 Å². The van der Waals surface area contributed by atoms with Gasteiger partial charge in [0, 0.05) is 7.05 Å². The van der Waals surface area contributed by atoms with E-state index in [4.69, 9.17) is 0 Å². The van der Waals surface area contributed by atoms with E-state index in [0.29, 0.717) is 5.82 Å². The number of phenols is 1. The van der Waals surface area contributed by atoms with Crippen LogP contribution in [-0.2, 0) is 13.6 Å². The van der Waals surface area contributed by atoms with Crippen molar-refractivity contribution in [2.75, 3.05) is 0 Å². The third-order valence-electron chi connectivity index (χ3n) is 2.26. The summed E-state index contributed by atoms with van der Waals surface area (Å²) in [6, 6.07) is 3.17. The molecule has 0 spiro atoms. The van der Waals surface area contributed by atoms with Crippen LogP contribution in [0.3, 0.4) is 0 Å². The first kappa shape index (κ1) is 12.0. The average molecular weight is 250 g/mol. The van der Waals surface area contributed by atoms with E-state index in [1.165, 1.54) is 11.0 Å². The maximum atomic E-state index is 13.0. The first-order chi connectivity index (χ1) is 8.56. The number of benzene rings is 1. The van der Waals surface area contributed by atoms with Gasteiger partial charge in [-0.15, -0.1) is 0 Å². The molecule has 0 aliphatic heterocycles. The van der Waals surface area contributed by atoms with E-state index >= 15 is 0 Å². The van der Waals surface area contributed by atoms with Gasteiger partial charge in [0.2, 0.25) is 0 Å². The zero-order valence-corrected chi connectivity index (χ0v) is 9.59. The number of aromatic nitrogens is 3. The highest BCUT2D eigenvalue weighted by Gasteiger charge is 2.12. The summed E-state index contributed by atoms with van der Waals surface area (Å²) in [5, 5.41) is 15.9. The minimum atomic E-state index is -0.589. The van der Waals surface area contributed by atoms with Crippen LogP contribution in [0.5, 0.6) is 5.75 Å². The normalized spacial score (nSPS) is 10.3. The van der Waals surface area contributed by atoms with Crippen molar-refractivity contribution >= 4 is 5.91 Å². The molecule has 2 N–H and O–H groups in total. The topological polar surface area (TPSA) is 80.0 Å². The van der Waals surface area contributed by atoms with Crippen molar-refractivity contribution in [3.63, 3.8) is 0 Å². The third-order valence-corrected chi connectivity index (χ3v) is 2.26. The lowest BCUT2D eigenvalue weighted by Crippen LogP contribution is -2.23. The summed E-state index contributed by atoms with van der Waals surface area (Å²) in [5.74, 6) is -1.02. The number of carbonyl (C=O) groups is 1. The Morgan fingerprint density at radius 2 is 2.33 bits per heavy atom. The third kappa shape index (κ3) is 2.62. The van der Waals surface area contributed by atoms with Crippen molar-refractivity contribution in [3.05, 3.63) is 41.7 Å². The minimum Gasteiger partial charge on any atom is -0.507 e. The molecule has 0 aliphatic rings. The molecule has 6 nitrogen and oxygen atoms in total. The highest BCUT2D eigenvalue weighted by atomic mass is 19.1. The number of carbonyl (C=O) groups excluding carboxylic acids is 1. The van der Waals surface area contributed by atoms with Crippen LogP contribution in [0.2, 0.25) is 0 Å². The Kier molecular flexibility index (Phi) is 3.22. The van der Waals surface area contributed by atoms with Crippen molar-refractivity contribution in [2.45, 2.75) is 6.54 Å². The Hall–Kier alpha value is -2.44. The molecule has 0 unspecified atom stereocenters. The first-order valence-corrected chi connectivity index (χ1v) is 5.17. The number of hydrogen-bond acceptors (Lipinski definition) is 4. The lowest BCUT2D eigenvalue weighted by molar-refractivity contribution is 0.0946. The lowest BCUT2D eigenvalue weighted by atomic mass is 10.2. The molecule has 0 saturated carbocycles. The van der Waals surface area contributed by atoms with Gasteiger partial charge in [-0.25, -0.2) is 9.37 Å². The van der Waals surface area contributed by atoms with Gasteiger partial charge in [0.15, 0.2) is 5.82 Å². The van der Waals surface area contributed by atoms with E-state index < -0.39 is 11.7 Å². The van der Waals surface area contributed by atoms with E-state index in [1.807, 2.05) is 0 Å². The molecule has 1 aromatic carbocycles. The second kappa shape index (κ2) is 4.82. The summed E-state index contributed by atoms with van der Waals surface area (Å²) in [6.45, 7) is 0.107. The zero-order valence-electron chi connectivity index (χ0n) is 9.59. The molecule has 0 radical (unpaired) electrons. The van der Waals surface area contributed by atoms with E-state index in [2.05, 4.69) is 15.4 Å². The summed E-state index contributed by atoms with van der Waals surface area (Å²) >= 11 is 0. The van der Waals surface area contributed by atoms with Crippen LogP contribution in [0.25, 0.3) is 0 Å².